The molecule has 1 saturated carbocycles. The third kappa shape index (κ3) is 2.85. The normalized spacial score (nSPS) is 31.6. The van der Waals surface area contributed by atoms with Gasteiger partial charge in [0.2, 0.25) is 17.7 Å². The van der Waals surface area contributed by atoms with Gasteiger partial charge >= 0.3 is 0 Å². The van der Waals surface area contributed by atoms with E-state index in [4.69, 9.17) is 0 Å². The van der Waals surface area contributed by atoms with E-state index in [1.807, 2.05) is 6.92 Å². The number of allylic oxidation sites excluding steroid dienone is 2. The van der Waals surface area contributed by atoms with Crippen molar-refractivity contribution in [1.29, 1.82) is 0 Å². The number of hydrogen-bond acceptors (Lipinski definition) is 3. The van der Waals surface area contributed by atoms with Crippen LogP contribution in [0, 0.1) is 23.7 Å². The van der Waals surface area contributed by atoms with Gasteiger partial charge in [-0.25, -0.2) is 0 Å². The van der Waals surface area contributed by atoms with Crippen molar-refractivity contribution in [3.8, 4) is 0 Å². The third-order valence-corrected chi connectivity index (χ3v) is 7.50. The van der Waals surface area contributed by atoms with E-state index >= 15 is 0 Å². The van der Waals surface area contributed by atoms with Crippen LogP contribution in [0.15, 0.2) is 30.4 Å². The van der Waals surface area contributed by atoms with Crippen molar-refractivity contribution >= 4 is 17.7 Å². The van der Waals surface area contributed by atoms with Crippen molar-refractivity contribution < 1.29 is 14.4 Å². The van der Waals surface area contributed by atoms with E-state index in [2.05, 4.69) is 35.7 Å². The van der Waals surface area contributed by atoms with Crippen LogP contribution in [-0.4, -0.2) is 28.7 Å². The highest BCUT2D eigenvalue weighted by atomic mass is 16.2. The minimum Gasteiger partial charge on any atom is -0.348 e. The first kappa shape index (κ1) is 18.6. The molecule has 1 heterocycles. The summed E-state index contributed by atoms with van der Waals surface area (Å²) in [5, 5.41) is 3.02. The molecular formula is C24H28N2O3. The molecule has 0 spiro atoms. The Bertz CT molecular complexity index is 891. The van der Waals surface area contributed by atoms with Gasteiger partial charge in [-0.15, -0.1) is 0 Å². The molecule has 6 atom stereocenters. The largest absolute Gasteiger partial charge is 0.348 e. The third-order valence-electron chi connectivity index (χ3n) is 7.50. The number of benzene rings is 1. The summed E-state index contributed by atoms with van der Waals surface area (Å²) in [7, 11) is 0. The van der Waals surface area contributed by atoms with Crippen molar-refractivity contribution in [2.45, 2.75) is 58.0 Å². The Kier molecular flexibility index (Phi) is 4.37. The van der Waals surface area contributed by atoms with Gasteiger partial charge in [0, 0.05) is 0 Å². The molecule has 4 aliphatic rings. The number of aryl methyl sites for hydroxylation is 2. The predicted molar refractivity (Wildman–Crippen MR) is 109 cm³/mol. The topological polar surface area (TPSA) is 66.5 Å². The molecule has 3 amide bonds. The molecule has 5 heteroatoms. The lowest BCUT2D eigenvalue weighted by Crippen LogP contribution is -2.49. The number of imide groups is 1. The molecule has 2 bridgehead atoms. The first-order valence-electron chi connectivity index (χ1n) is 10.9. The van der Waals surface area contributed by atoms with Gasteiger partial charge in [0.1, 0.15) is 6.04 Å². The fraction of sp³-hybridized carbons (Fsp3) is 0.542. The molecule has 1 aromatic rings. The van der Waals surface area contributed by atoms with E-state index in [1.54, 1.807) is 6.92 Å². The highest BCUT2D eigenvalue weighted by Crippen LogP contribution is 2.52. The van der Waals surface area contributed by atoms with Crippen molar-refractivity contribution in [1.82, 2.24) is 10.2 Å². The van der Waals surface area contributed by atoms with Crippen LogP contribution in [0.1, 0.15) is 55.8 Å². The molecule has 0 aromatic heterocycles. The molecule has 1 saturated heterocycles. The fourth-order valence-electron chi connectivity index (χ4n) is 5.86. The Morgan fingerprint density at radius 3 is 2.28 bits per heavy atom. The average Bonchev–Trinajstić information content (AvgIpc) is 3.41. The van der Waals surface area contributed by atoms with Crippen molar-refractivity contribution in [2.75, 3.05) is 0 Å². The zero-order valence-electron chi connectivity index (χ0n) is 17.1. The smallest absolute Gasteiger partial charge is 0.243 e. The van der Waals surface area contributed by atoms with E-state index < -0.39 is 6.04 Å². The molecule has 3 aliphatic carbocycles. The second kappa shape index (κ2) is 6.82. The standard InChI is InChI=1S/C24H28N2O3/c1-13(16-8-7-15-5-3-4-6-17(15)11-16)25-22(27)14(2)26-23(28)20-18-9-10-19(12-18)21(20)24(26)29/h7-11,13-14,18-21H,3-6,12H2,1-2H3,(H,25,27)/t13-,14-,18-,19-,20-,21+/m0/s1. The van der Waals surface area contributed by atoms with Crippen molar-refractivity contribution in [3.05, 3.63) is 47.0 Å². The molecule has 0 unspecified atom stereocenters. The predicted octanol–water partition coefficient (Wildman–Crippen LogP) is 2.94. The lowest BCUT2D eigenvalue weighted by atomic mass is 9.85. The molecule has 1 N–H and O–H groups in total. The second-order valence-electron chi connectivity index (χ2n) is 9.19. The van der Waals surface area contributed by atoms with Gasteiger partial charge in [0.15, 0.2) is 0 Å². The zero-order chi connectivity index (χ0) is 20.3. The number of amides is 3. The number of carbonyl (C=O) groups excluding carboxylic acids is 3. The van der Waals surface area contributed by atoms with Crippen molar-refractivity contribution in [3.63, 3.8) is 0 Å². The quantitative estimate of drug-likeness (QED) is 0.633. The van der Waals surface area contributed by atoms with Crippen LogP contribution in [0.25, 0.3) is 0 Å². The summed E-state index contributed by atoms with van der Waals surface area (Å²) in [6, 6.07) is 5.51. The highest BCUT2D eigenvalue weighted by Gasteiger charge is 2.60. The maximum absolute atomic E-state index is 12.9. The maximum atomic E-state index is 12.9. The van der Waals surface area contributed by atoms with Crippen LogP contribution in [0.3, 0.4) is 0 Å². The molecule has 2 fully saturated rings. The summed E-state index contributed by atoms with van der Waals surface area (Å²) >= 11 is 0. The zero-order valence-corrected chi connectivity index (χ0v) is 17.1. The van der Waals surface area contributed by atoms with Crippen LogP contribution in [0.4, 0.5) is 0 Å². The molecule has 29 heavy (non-hydrogen) atoms. The summed E-state index contributed by atoms with van der Waals surface area (Å²) < 4.78 is 0. The summed E-state index contributed by atoms with van der Waals surface area (Å²) in [6.45, 7) is 3.63. The number of hydrogen-bond donors (Lipinski definition) is 1. The Balaban J connectivity index is 1.29. The van der Waals surface area contributed by atoms with E-state index in [0.29, 0.717) is 0 Å². The summed E-state index contributed by atoms with van der Waals surface area (Å²) in [5.74, 6) is -0.789. The van der Waals surface area contributed by atoms with Crippen LogP contribution in [-0.2, 0) is 27.2 Å². The first-order chi connectivity index (χ1) is 14.0. The molecule has 5 rings (SSSR count). The van der Waals surface area contributed by atoms with Gasteiger partial charge in [-0.3, -0.25) is 19.3 Å². The van der Waals surface area contributed by atoms with Gasteiger partial charge in [-0.1, -0.05) is 30.4 Å². The lowest BCUT2D eigenvalue weighted by molar-refractivity contribution is -0.148. The number of carbonyl (C=O) groups is 3. The van der Waals surface area contributed by atoms with E-state index in [9.17, 15) is 14.4 Å². The highest BCUT2D eigenvalue weighted by molar-refractivity contribution is 6.09. The van der Waals surface area contributed by atoms with Gasteiger partial charge in [0.05, 0.1) is 17.9 Å². The number of nitrogens with one attached hydrogen (secondary N) is 1. The van der Waals surface area contributed by atoms with Crippen LogP contribution in [0.2, 0.25) is 0 Å². The van der Waals surface area contributed by atoms with E-state index in [0.717, 1.165) is 24.8 Å². The van der Waals surface area contributed by atoms with E-state index in [1.165, 1.54) is 28.9 Å². The Morgan fingerprint density at radius 1 is 1.00 bits per heavy atom. The average molecular weight is 392 g/mol. The molecule has 1 aliphatic heterocycles. The molecule has 0 radical (unpaired) electrons. The summed E-state index contributed by atoms with van der Waals surface area (Å²) in [5.41, 5.74) is 3.86. The number of fused-ring (bicyclic) bond motifs is 6. The molecule has 152 valence electrons. The summed E-state index contributed by atoms with van der Waals surface area (Å²) in [6.07, 6.45) is 9.73. The monoisotopic (exact) mass is 392 g/mol. The minimum absolute atomic E-state index is 0.163. The second-order valence-corrected chi connectivity index (χ2v) is 9.19. The molecule has 1 aromatic carbocycles. The Labute approximate surface area is 171 Å². The lowest BCUT2D eigenvalue weighted by Gasteiger charge is -2.26. The number of likely N-dealkylation sites (tertiary alicyclic amines) is 1. The number of rotatable bonds is 4. The Morgan fingerprint density at radius 2 is 1.62 bits per heavy atom. The molecule has 5 nitrogen and oxygen atoms in total. The van der Waals surface area contributed by atoms with Gasteiger partial charge in [-0.05, 0) is 74.5 Å². The molecular weight excluding hydrogens is 364 g/mol. The number of nitrogens with zero attached hydrogens (tertiary/aromatic N) is 1. The first-order valence-corrected chi connectivity index (χ1v) is 10.9. The minimum atomic E-state index is -0.778. The fourth-order valence-corrected chi connectivity index (χ4v) is 5.86. The SMILES string of the molecule is C[C@H](NC(=O)[C@H](C)N1C(=O)[C@@H]2[C@H](C1=O)[C@H]1C=C[C@H]2C1)c1ccc2c(c1)CCCC2. The van der Waals surface area contributed by atoms with Crippen LogP contribution < -0.4 is 5.32 Å². The van der Waals surface area contributed by atoms with Gasteiger partial charge in [0.25, 0.3) is 0 Å². The van der Waals surface area contributed by atoms with Gasteiger partial charge < -0.3 is 5.32 Å². The Hall–Kier alpha value is -2.43. The van der Waals surface area contributed by atoms with E-state index in [-0.39, 0.29) is 47.4 Å². The van der Waals surface area contributed by atoms with Crippen molar-refractivity contribution in [2.24, 2.45) is 23.7 Å². The van der Waals surface area contributed by atoms with Gasteiger partial charge in [-0.2, -0.15) is 0 Å². The van der Waals surface area contributed by atoms with Crippen LogP contribution >= 0.6 is 0 Å². The maximum Gasteiger partial charge on any atom is 0.243 e. The van der Waals surface area contributed by atoms with Crippen LogP contribution in [0.5, 0.6) is 0 Å². The summed E-state index contributed by atoms with van der Waals surface area (Å²) in [4.78, 5) is 40.0.